The Bertz CT molecular complexity index is 1720. The van der Waals surface area contributed by atoms with Gasteiger partial charge >= 0.3 is 0 Å². The Balaban J connectivity index is 1.15. The van der Waals surface area contributed by atoms with E-state index >= 15 is 0 Å². The zero-order chi connectivity index (χ0) is 41.8. The van der Waals surface area contributed by atoms with E-state index in [2.05, 4.69) is 31.9 Å². The normalized spacial score (nSPS) is 29.9. The quantitative estimate of drug-likeness (QED) is 0.218. The first-order valence-corrected chi connectivity index (χ1v) is 22.1. The van der Waals surface area contributed by atoms with Gasteiger partial charge in [0.15, 0.2) is 0 Å². The van der Waals surface area contributed by atoms with Crippen molar-refractivity contribution in [2.75, 3.05) is 0 Å². The fourth-order valence-corrected chi connectivity index (χ4v) is 9.63. The molecule has 6 amide bonds. The lowest BCUT2D eigenvalue weighted by molar-refractivity contribution is -0.134. The highest BCUT2D eigenvalue weighted by Crippen LogP contribution is 2.28. The van der Waals surface area contributed by atoms with Crippen LogP contribution < -0.4 is 31.9 Å². The molecule has 12 nitrogen and oxygen atoms in total. The SMILES string of the molecule is O=C1N[C@H](Cc2ccccc2)C(=O)N[C@H]2CCC[C@H](C2)C(=O)N[C@H](Cc2ccccc2)C(=O)N[C@H]2CCC[C@H](C2)C(=O)N[C@H](Cc2ccccc2)C(=O)N[C@H]2CCC[C@@H]1C2. The van der Waals surface area contributed by atoms with Gasteiger partial charge in [-0.15, -0.1) is 0 Å². The highest BCUT2D eigenvalue weighted by molar-refractivity contribution is 5.91. The molecule has 3 aliphatic carbocycles. The van der Waals surface area contributed by atoms with Crippen LogP contribution in [-0.2, 0) is 48.0 Å². The van der Waals surface area contributed by atoms with E-state index in [0.717, 1.165) is 36.0 Å². The zero-order valence-corrected chi connectivity index (χ0v) is 34.4. The molecule has 1 saturated heterocycles. The van der Waals surface area contributed by atoms with E-state index in [0.29, 0.717) is 77.0 Å². The summed E-state index contributed by atoms with van der Waals surface area (Å²) in [5, 5.41) is 18.8. The molecule has 4 fully saturated rings. The van der Waals surface area contributed by atoms with Crippen LogP contribution >= 0.6 is 0 Å². The van der Waals surface area contributed by atoms with Crippen LogP contribution in [0, 0.1) is 17.8 Å². The molecule has 4 aliphatic rings. The van der Waals surface area contributed by atoms with Crippen LogP contribution in [0.15, 0.2) is 91.0 Å². The van der Waals surface area contributed by atoms with E-state index in [1.807, 2.05) is 91.0 Å². The zero-order valence-electron chi connectivity index (χ0n) is 34.4. The second-order valence-electron chi connectivity index (χ2n) is 17.5. The van der Waals surface area contributed by atoms with Crippen LogP contribution in [0.2, 0.25) is 0 Å². The number of amides is 6. The van der Waals surface area contributed by atoms with Gasteiger partial charge in [-0.1, -0.05) is 110 Å². The van der Waals surface area contributed by atoms with E-state index in [1.165, 1.54) is 0 Å². The van der Waals surface area contributed by atoms with Crippen LogP contribution in [0.3, 0.4) is 0 Å². The number of hydrogen-bond acceptors (Lipinski definition) is 6. The minimum Gasteiger partial charge on any atom is -0.352 e. The molecule has 0 aromatic heterocycles. The lowest BCUT2D eigenvalue weighted by atomic mass is 9.83. The second kappa shape index (κ2) is 20.6. The Hall–Kier alpha value is -5.52. The van der Waals surface area contributed by atoms with Crippen molar-refractivity contribution in [2.45, 2.75) is 133 Å². The smallest absolute Gasteiger partial charge is 0.243 e. The summed E-state index contributed by atoms with van der Waals surface area (Å²) in [5.41, 5.74) is 2.71. The molecule has 7 rings (SSSR count). The minimum atomic E-state index is -0.849. The maximum Gasteiger partial charge on any atom is 0.243 e. The third-order valence-corrected chi connectivity index (χ3v) is 12.9. The molecule has 0 spiro atoms. The summed E-state index contributed by atoms with van der Waals surface area (Å²) in [6.45, 7) is 0. The van der Waals surface area contributed by atoms with Crippen molar-refractivity contribution in [3.05, 3.63) is 108 Å². The number of hydrogen-bond donors (Lipinski definition) is 6. The third kappa shape index (κ3) is 11.8. The Morgan fingerprint density at radius 3 is 0.867 bits per heavy atom. The number of carbonyl (C=O) groups is 6. The van der Waals surface area contributed by atoms with Crippen molar-refractivity contribution in [1.82, 2.24) is 31.9 Å². The molecule has 3 aromatic carbocycles. The predicted molar refractivity (Wildman–Crippen MR) is 228 cm³/mol. The molecule has 3 aromatic rings. The van der Waals surface area contributed by atoms with Crippen molar-refractivity contribution < 1.29 is 28.8 Å². The van der Waals surface area contributed by atoms with Crippen molar-refractivity contribution >= 4 is 35.4 Å². The highest BCUT2D eigenvalue weighted by Gasteiger charge is 2.37. The van der Waals surface area contributed by atoms with Gasteiger partial charge in [0.2, 0.25) is 35.4 Å². The summed E-state index contributed by atoms with van der Waals surface area (Å²) in [4.78, 5) is 84.3. The number of rotatable bonds is 6. The van der Waals surface area contributed by atoms with Crippen LogP contribution in [-0.4, -0.2) is 71.7 Å². The van der Waals surface area contributed by atoms with E-state index in [1.54, 1.807) is 0 Å². The summed E-state index contributed by atoms with van der Waals surface area (Å²) in [5.74, 6) is -2.85. The van der Waals surface area contributed by atoms with Gasteiger partial charge in [-0.2, -0.15) is 0 Å². The van der Waals surface area contributed by atoms with Crippen molar-refractivity contribution in [3.63, 3.8) is 0 Å². The molecule has 0 radical (unpaired) electrons. The van der Waals surface area contributed by atoms with Gasteiger partial charge in [0.05, 0.1) is 0 Å². The molecule has 318 valence electrons. The Kier molecular flexibility index (Phi) is 14.7. The molecule has 12 heteroatoms. The van der Waals surface area contributed by atoms with E-state index in [9.17, 15) is 28.8 Å². The maximum atomic E-state index is 14.1. The standard InChI is InChI=1S/C48H60N6O6/c55-43-34-19-10-23-38(28-34)50-47(59)41(26-32-15-6-2-7-16-32)54-45(57)36-21-12-24-39(30-36)51-48(60)42(27-33-17-8-3-9-18-33)53-44(56)35-20-11-22-37(29-35)49-46(58)40(52-43)25-31-13-4-1-5-14-31/h1-9,13-18,34-42H,10-12,19-30H2,(H,49,58)(H,50,59)(H,51,60)(H,52,55)(H,53,56)(H,54,57)/t34-,35-,36-,37+,38+,39+,40-,41-,42-/m1/s1. The molecular weight excluding hydrogens is 757 g/mol. The average molecular weight is 817 g/mol. The lowest BCUT2D eigenvalue weighted by Crippen LogP contribution is -2.56. The van der Waals surface area contributed by atoms with Gasteiger partial charge in [0, 0.05) is 55.1 Å². The predicted octanol–water partition coefficient (Wildman–Crippen LogP) is 4.21. The van der Waals surface area contributed by atoms with Crippen molar-refractivity contribution in [1.29, 1.82) is 0 Å². The van der Waals surface area contributed by atoms with Gasteiger partial charge in [0.25, 0.3) is 0 Å². The van der Waals surface area contributed by atoms with E-state index in [4.69, 9.17) is 0 Å². The van der Waals surface area contributed by atoms with Gasteiger partial charge in [-0.25, -0.2) is 0 Å². The number of benzene rings is 3. The van der Waals surface area contributed by atoms with Crippen molar-refractivity contribution in [3.8, 4) is 0 Å². The molecule has 1 aliphatic heterocycles. The summed E-state index contributed by atoms with van der Waals surface area (Å²) in [6, 6.07) is 25.3. The van der Waals surface area contributed by atoms with E-state index < -0.39 is 35.9 Å². The third-order valence-electron chi connectivity index (χ3n) is 12.9. The molecular formula is C48H60N6O6. The molecule has 0 unspecified atom stereocenters. The first-order chi connectivity index (χ1) is 29.2. The Labute approximate surface area is 353 Å². The van der Waals surface area contributed by atoms with Gasteiger partial charge in [-0.3, -0.25) is 28.8 Å². The molecule has 6 N–H and O–H groups in total. The number of fused-ring (bicyclic) bond motifs is 6. The average Bonchev–Trinajstić information content (AvgIpc) is 3.26. The Morgan fingerprint density at radius 1 is 0.333 bits per heavy atom. The molecule has 6 bridgehead atoms. The summed E-state index contributed by atoms with van der Waals surface area (Å²) in [6.07, 6.45) is 8.27. The second-order valence-corrected chi connectivity index (χ2v) is 17.5. The summed E-state index contributed by atoms with van der Waals surface area (Å²) in [7, 11) is 0. The summed E-state index contributed by atoms with van der Waals surface area (Å²) >= 11 is 0. The summed E-state index contributed by atoms with van der Waals surface area (Å²) < 4.78 is 0. The monoisotopic (exact) mass is 816 g/mol. The molecule has 1 heterocycles. The lowest BCUT2D eigenvalue weighted by Gasteiger charge is -2.34. The largest absolute Gasteiger partial charge is 0.352 e. The van der Waals surface area contributed by atoms with Gasteiger partial charge < -0.3 is 31.9 Å². The minimum absolute atomic E-state index is 0.232. The van der Waals surface area contributed by atoms with Crippen LogP contribution in [0.1, 0.15) is 93.7 Å². The molecule has 9 atom stereocenters. The topological polar surface area (TPSA) is 175 Å². The van der Waals surface area contributed by atoms with Crippen LogP contribution in [0.4, 0.5) is 0 Å². The molecule has 60 heavy (non-hydrogen) atoms. The molecule has 3 saturated carbocycles. The van der Waals surface area contributed by atoms with Gasteiger partial charge in [0.1, 0.15) is 18.1 Å². The Morgan fingerprint density at radius 2 is 0.600 bits per heavy atom. The first kappa shape index (κ1) is 42.6. The van der Waals surface area contributed by atoms with Crippen LogP contribution in [0.25, 0.3) is 0 Å². The van der Waals surface area contributed by atoms with E-state index in [-0.39, 0.29) is 53.6 Å². The van der Waals surface area contributed by atoms with Crippen LogP contribution in [0.5, 0.6) is 0 Å². The number of nitrogens with one attached hydrogen (secondary N) is 6. The first-order valence-electron chi connectivity index (χ1n) is 22.1. The fourth-order valence-electron chi connectivity index (χ4n) is 9.63. The fraction of sp³-hybridized carbons (Fsp3) is 0.500. The highest BCUT2D eigenvalue weighted by atomic mass is 16.2. The maximum absolute atomic E-state index is 14.1. The van der Waals surface area contributed by atoms with Crippen molar-refractivity contribution in [2.24, 2.45) is 17.8 Å². The van der Waals surface area contributed by atoms with Gasteiger partial charge in [-0.05, 0) is 74.5 Å². The number of carbonyl (C=O) groups excluding carboxylic acids is 6.